The van der Waals surface area contributed by atoms with Crippen LogP contribution in [0.4, 0.5) is 5.69 Å². The molecule has 1 aromatic rings. The Labute approximate surface area is 120 Å². The van der Waals surface area contributed by atoms with E-state index in [4.69, 9.17) is 5.73 Å². The second kappa shape index (κ2) is 5.37. The zero-order valence-electron chi connectivity index (χ0n) is 11.6. The van der Waals surface area contributed by atoms with Gasteiger partial charge in [0.25, 0.3) is 0 Å². The SMILES string of the molecule is Nc1ccccc1CS(=O)(=O)NCC(C1CC1)C1CC1. The molecule has 0 radical (unpaired) electrons. The van der Waals surface area contributed by atoms with Gasteiger partial charge in [-0.1, -0.05) is 18.2 Å². The smallest absolute Gasteiger partial charge is 0.215 e. The number of hydrogen-bond acceptors (Lipinski definition) is 3. The number of anilines is 1. The molecule has 0 unspecified atom stereocenters. The van der Waals surface area contributed by atoms with Gasteiger partial charge in [-0.05, 0) is 55.1 Å². The zero-order valence-corrected chi connectivity index (χ0v) is 12.4. The molecule has 0 saturated heterocycles. The molecule has 0 amide bonds. The molecule has 4 nitrogen and oxygen atoms in total. The summed E-state index contributed by atoms with van der Waals surface area (Å²) in [5.74, 6) is 2.04. The Morgan fingerprint density at radius 3 is 2.30 bits per heavy atom. The highest BCUT2D eigenvalue weighted by Gasteiger charge is 2.41. The Kier molecular flexibility index (Phi) is 3.73. The average Bonchev–Trinajstić information content (AvgIpc) is 3.25. The molecule has 0 atom stereocenters. The maximum absolute atomic E-state index is 12.2. The van der Waals surface area contributed by atoms with Gasteiger partial charge in [0.2, 0.25) is 10.0 Å². The minimum atomic E-state index is -3.29. The number of nitrogens with one attached hydrogen (secondary N) is 1. The molecular formula is C15H22N2O2S. The van der Waals surface area contributed by atoms with Gasteiger partial charge < -0.3 is 5.73 Å². The number of nitrogens with two attached hydrogens (primary N) is 1. The van der Waals surface area contributed by atoms with E-state index < -0.39 is 10.0 Å². The van der Waals surface area contributed by atoms with Crippen LogP contribution in [0.3, 0.4) is 0 Å². The molecule has 0 aliphatic heterocycles. The summed E-state index contributed by atoms with van der Waals surface area (Å²) in [4.78, 5) is 0. The zero-order chi connectivity index (χ0) is 14.2. The molecular weight excluding hydrogens is 272 g/mol. The van der Waals surface area contributed by atoms with Crippen molar-refractivity contribution in [2.75, 3.05) is 12.3 Å². The topological polar surface area (TPSA) is 72.2 Å². The number of rotatable bonds is 7. The number of nitrogen functional groups attached to an aromatic ring is 1. The van der Waals surface area contributed by atoms with Crippen LogP contribution in [0.2, 0.25) is 0 Å². The van der Waals surface area contributed by atoms with Gasteiger partial charge in [-0.25, -0.2) is 13.1 Å². The molecule has 2 fully saturated rings. The average molecular weight is 294 g/mol. The van der Waals surface area contributed by atoms with Gasteiger partial charge in [0.05, 0.1) is 5.75 Å². The van der Waals surface area contributed by atoms with Gasteiger partial charge in [-0.3, -0.25) is 0 Å². The number of hydrogen-bond donors (Lipinski definition) is 2. The lowest BCUT2D eigenvalue weighted by atomic mass is 9.99. The molecule has 2 saturated carbocycles. The number of benzene rings is 1. The molecule has 20 heavy (non-hydrogen) atoms. The summed E-state index contributed by atoms with van der Waals surface area (Å²) in [6, 6.07) is 7.14. The van der Waals surface area contributed by atoms with Crippen LogP contribution in [0.5, 0.6) is 0 Å². The molecule has 0 spiro atoms. The molecule has 2 aliphatic carbocycles. The van der Waals surface area contributed by atoms with Crippen molar-refractivity contribution in [3.63, 3.8) is 0 Å². The normalized spacial score (nSPS) is 19.4. The predicted molar refractivity (Wildman–Crippen MR) is 80.4 cm³/mol. The maximum Gasteiger partial charge on any atom is 0.215 e. The fourth-order valence-corrected chi connectivity index (χ4v) is 4.13. The van der Waals surface area contributed by atoms with Crippen molar-refractivity contribution >= 4 is 15.7 Å². The Hall–Kier alpha value is -1.07. The Balaban J connectivity index is 1.59. The number of sulfonamides is 1. The van der Waals surface area contributed by atoms with Crippen LogP contribution >= 0.6 is 0 Å². The molecule has 1 aromatic carbocycles. The summed E-state index contributed by atoms with van der Waals surface area (Å²) >= 11 is 0. The van der Waals surface area contributed by atoms with Crippen molar-refractivity contribution in [1.29, 1.82) is 0 Å². The van der Waals surface area contributed by atoms with E-state index >= 15 is 0 Å². The second-order valence-electron chi connectivity index (χ2n) is 6.15. The van der Waals surface area contributed by atoms with E-state index in [9.17, 15) is 8.42 Å². The van der Waals surface area contributed by atoms with E-state index in [1.54, 1.807) is 12.1 Å². The van der Waals surface area contributed by atoms with Crippen LogP contribution < -0.4 is 10.5 Å². The summed E-state index contributed by atoms with van der Waals surface area (Å²) in [5, 5.41) is 0. The first-order valence-electron chi connectivity index (χ1n) is 7.36. The molecule has 0 heterocycles. The maximum atomic E-state index is 12.2. The lowest BCUT2D eigenvalue weighted by Gasteiger charge is -2.16. The molecule has 0 bridgehead atoms. The van der Waals surface area contributed by atoms with Crippen molar-refractivity contribution in [3.05, 3.63) is 29.8 Å². The molecule has 110 valence electrons. The third kappa shape index (κ3) is 3.52. The fourth-order valence-electron chi connectivity index (χ4n) is 2.91. The summed E-state index contributed by atoms with van der Waals surface area (Å²) in [5.41, 5.74) is 7.02. The van der Waals surface area contributed by atoms with E-state index in [1.807, 2.05) is 12.1 Å². The second-order valence-corrected chi connectivity index (χ2v) is 7.95. The van der Waals surface area contributed by atoms with Gasteiger partial charge >= 0.3 is 0 Å². The van der Waals surface area contributed by atoms with E-state index in [1.165, 1.54) is 25.7 Å². The van der Waals surface area contributed by atoms with E-state index in [0.717, 1.165) is 11.8 Å². The Bertz CT molecular complexity index is 565. The minimum absolute atomic E-state index is 0.0261. The molecule has 3 N–H and O–H groups in total. The highest BCUT2D eigenvalue weighted by molar-refractivity contribution is 7.88. The van der Waals surface area contributed by atoms with Crippen molar-refractivity contribution in [1.82, 2.24) is 4.72 Å². The fraction of sp³-hybridized carbons (Fsp3) is 0.600. The van der Waals surface area contributed by atoms with Crippen molar-refractivity contribution in [2.24, 2.45) is 17.8 Å². The summed E-state index contributed by atoms with van der Waals surface area (Å²) in [6.45, 7) is 0.602. The standard InChI is InChI=1S/C15H22N2O2S/c16-15-4-2-1-3-13(15)10-20(18,19)17-9-14(11-5-6-11)12-7-8-12/h1-4,11-12,14,17H,5-10,16H2. The van der Waals surface area contributed by atoms with Crippen molar-refractivity contribution in [2.45, 2.75) is 31.4 Å². The van der Waals surface area contributed by atoms with E-state index in [2.05, 4.69) is 4.72 Å². The van der Waals surface area contributed by atoms with Crippen LogP contribution in [0.15, 0.2) is 24.3 Å². The largest absolute Gasteiger partial charge is 0.398 e. The van der Waals surface area contributed by atoms with E-state index in [-0.39, 0.29) is 5.75 Å². The Morgan fingerprint density at radius 2 is 1.75 bits per heavy atom. The first kappa shape index (κ1) is 13.9. The lowest BCUT2D eigenvalue weighted by molar-refractivity contribution is 0.401. The van der Waals surface area contributed by atoms with Crippen LogP contribution in [0, 0.1) is 17.8 Å². The highest BCUT2D eigenvalue weighted by Crippen LogP contribution is 2.48. The molecule has 2 aliphatic rings. The van der Waals surface area contributed by atoms with Crippen LogP contribution in [-0.2, 0) is 15.8 Å². The van der Waals surface area contributed by atoms with Crippen LogP contribution in [0.1, 0.15) is 31.2 Å². The van der Waals surface area contributed by atoms with Gasteiger partial charge in [-0.2, -0.15) is 0 Å². The van der Waals surface area contributed by atoms with Crippen molar-refractivity contribution < 1.29 is 8.42 Å². The molecule has 5 heteroatoms. The first-order chi connectivity index (χ1) is 9.55. The van der Waals surface area contributed by atoms with Crippen molar-refractivity contribution in [3.8, 4) is 0 Å². The third-order valence-corrected chi connectivity index (χ3v) is 5.69. The van der Waals surface area contributed by atoms with Crippen LogP contribution in [0.25, 0.3) is 0 Å². The summed E-state index contributed by atoms with van der Waals surface area (Å²) < 4.78 is 27.1. The van der Waals surface area contributed by atoms with Crippen LogP contribution in [-0.4, -0.2) is 15.0 Å². The van der Waals surface area contributed by atoms with Gasteiger partial charge in [0.1, 0.15) is 0 Å². The minimum Gasteiger partial charge on any atom is -0.398 e. The van der Waals surface area contributed by atoms with Gasteiger partial charge in [0.15, 0.2) is 0 Å². The summed E-state index contributed by atoms with van der Waals surface area (Å²) in [6.07, 6.45) is 5.09. The predicted octanol–water partition coefficient (Wildman–Crippen LogP) is 2.12. The van der Waals surface area contributed by atoms with E-state index in [0.29, 0.717) is 23.7 Å². The third-order valence-electron chi connectivity index (χ3n) is 4.39. The monoisotopic (exact) mass is 294 g/mol. The van der Waals surface area contributed by atoms with Gasteiger partial charge in [0, 0.05) is 12.2 Å². The highest BCUT2D eigenvalue weighted by atomic mass is 32.2. The summed E-state index contributed by atoms with van der Waals surface area (Å²) in [7, 11) is -3.29. The first-order valence-corrected chi connectivity index (χ1v) is 9.01. The molecule has 0 aromatic heterocycles. The molecule has 3 rings (SSSR count). The van der Waals surface area contributed by atoms with Gasteiger partial charge in [-0.15, -0.1) is 0 Å². The lowest BCUT2D eigenvalue weighted by Crippen LogP contribution is -2.32. The quantitative estimate of drug-likeness (QED) is 0.757. The number of para-hydroxylation sites is 1. The Morgan fingerprint density at radius 1 is 1.15 bits per heavy atom.